The van der Waals surface area contributed by atoms with Crippen LogP contribution < -0.4 is 10.2 Å². The lowest BCUT2D eigenvalue weighted by molar-refractivity contribution is -0.122. The fraction of sp³-hybridized carbons (Fsp3) is 0.375. The molecule has 0 bridgehead atoms. The Morgan fingerprint density at radius 2 is 2.29 bits per heavy atom. The summed E-state index contributed by atoms with van der Waals surface area (Å²) in [4.78, 5) is 18.8. The summed E-state index contributed by atoms with van der Waals surface area (Å²) in [6, 6.07) is 7.19. The van der Waals surface area contributed by atoms with Crippen LogP contribution in [0.2, 0.25) is 0 Å². The molecule has 1 unspecified atom stereocenters. The number of hydrogen-bond acceptors (Lipinski definition) is 6. The first-order valence-corrected chi connectivity index (χ1v) is 7.98. The molecule has 1 amide bonds. The minimum atomic E-state index is -0.227. The normalized spacial score (nSPS) is 17.5. The van der Waals surface area contributed by atoms with Crippen molar-refractivity contribution in [3.63, 3.8) is 0 Å². The smallest absolute Gasteiger partial charge is 0.243 e. The largest absolute Gasteiger partial charge is 0.467 e. The Balaban J connectivity index is 1.51. The molecule has 1 atom stereocenters. The number of rotatable bonds is 4. The molecule has 0 radical (unpaired) electrons. The SMILES string of the molecule is Cc1nc2ccc(N3CCCC3C(=O)NCc3ccco3)nn2n1. The molecule has 8 nitrogen and oxygen atoms in total. The molecule has 3 aromatic rings. The lowest BCUT2D eigenvalue weighted by Crippen LogP contribution is -2.43. The summed E-state index contributed by atoms with van der Waals surface area (Å²) >= 11 is 0. The van der Waals surface area contributed by atoms with Gasteiger partial charge in [-0.3, -0.25) is 4.79 Å². The summed E-state index contributed by atoms with van der Waals surface area (Å²) in [6.45, 7) is 3.02. The van der Waals surface area contributed by atoms with Crippen LogP contribution in [0.1, 0.15) is 24.4 Å². The molecule has 1 saturated heterocycles. The van der Waals surface area contributed by atoms with Gasteiger partial charge in [0.2, 0.25) is 5.91 Å². The van der Waals surface area contributed by atoms with Crippen LogP contribution >= 0.6 is 0 Å². The summed E-state index contributed by atoms with van der Waals surface area (Å²) in [7, 11) is 0. The molecule has 124 valence electrons. The maximum absolute atomic E-state index is 12.5. The summed E-state index contributed by atoms with van der Waals surface area (Å²) < 4.78 is 6.76. The van der Waals surface area contributed by atoms with E-state index in [4.69, 9.17) is 4.42 Å². The van der Waals surface area contributed by atoms with Gasteiger partial charge in [-0.1, -0.05) is 0 Å². The number of hydrogen-bond donors (Lipinski definition) is 1. The molecule has 4 heterocycles. The van der Waals surface area contributed by atoms with E-state index in [0.29, 0.717) is 18.0 Å². The Hall–Kier alpha value is -2.90. The van der Waals surface area contributed by atoms with Gasteiger partial charge in [0.05, 0.1) is 12.8 Å². The first kappa shape index (κ1) is 14.7. The van der Waals surface area contributed by atoms with Crippen molar-refractivity contribution in [1.29, 1.82) is 0 Å². The Kier molecular flexibility index (Phi) is 3.64. The van der Waals surface area contributed by atoms with Crippen molar-refractivity contribution in [2.45, 2.75) is 32.4 Å². The molecular formula is C16H18N6O2. The second-order valence-electron chi connectivity index (χ2n) is 5.85. The van der Waals surface area contributed by atoms with E-state index in [-0.39, 0.29) is 11.9 Å². The van der Waals surface area contributed by atoms with Gasteiger partial charge in [-0.25, -0.2) is 4.98 Å². The second kappa shape index (κ2) is 5.95. The zero-order valence-electron chi connectivity index (χ0n) is 13.3. The first-order valence-electron chi connectivity index (χ1n) is 7.98. The van der Waals surface area contributed by atoms with Crippen LogP contribution in [0.4, 0.5) is 5.82 Å². The number of aromatic nitrogens is 4. The third kappa shape index (κ3) is 2.70. The molecule has 0 aromatic carbocycles. The van der Waals surface area contributed by atoms with Crippen LogP contribution in [0.5, 0.6) is 0 Å². The highest BCUT2D eigenvalue weighted by Gasteiger charge is 2.32. The van der Waals surface area contributed by atoms with Gasteiger partial charge in [-0.05, 0) is 44.0 Å². The van der Waals surface area contributed by atoms with Crippen LogP contribution in [0.25, 0.3) is 5.65 Å². The predicted octanol–water partition coefficient (Wildman–Crippen LogP) is 1.31. The molecule has 3 aromatic heterocycles. The van der Waals surface area contributed by atoms with Gasteiger partial charge >= 0.3 is 0 Å². The first-order chi connectivity index (χ1) is 11.7. The average molecular weight is 326 g/mol. The van der Waals surface area contributed by atoms with E-state index in [1.54, 1.807) is 6.26 Å². The van der Waals surface area contributed by atoms with Crippen LogP contribution in [0.3, 0.4) is 0 Å². The van der Waals surface area contributed by atoms with Crippen LogP contribution in [-0.2, 0) is 11.3 Å². The number of anilines is 1. The minimum Gasteiger partial charge on any atom is -0.467 e. The number of furan rings is 1. The van der Waals surface area contributed by atoms with E-state index < -0.39 is 0 Å². The van der Waals surface area contributed by atoms with E-state index >= 15 is 0 Å². The molecule has 0 spiro atoms. The Morgan fingerprint density at radius 1 is 1.38 bits per heavy atom. The Bertz CT molecular complexity index is 857. The van der Waals surface area contributed by atoms with Crippen molar-refractivity contribution in [3.8, 4) is 0 Å². The third-order valence-corrected chi connectivity index (χ3v) is 4.17. The summed E-state index contributed by atoms with van der Waals surface area (Å²) in [5.74, 6) is 2.14. The minimum absolute atomic E-state index is 0.0134. The highest BCUT2D eigenvalue weighted by Crippen LogP contribution is 2.24. The third-order valence-electron chi connectivity index (χ3n) is 4.17. The van der Waals surface area contributed by atoms with Gasteiger partial charge < -0.3 is 14.6 Å². The number of carbonyl (C=O) groups excluding carboxylic acids is 1. The number of fused-ring (bicyclic) bond motifs is 1. The Labute approximate surface area is 138 Å². The van der Waals surface area contributed by atoms with E-state index in [2.05, 4.69) is 20.5 Å². The molecule has 1 fully saturated rings. The van der Waals surface area contributed by atoms with Gasteiger partial charge in [-0.2, -0.15) is 0 Å². The van der Waals surface area contributed by atoms with E-state index in [0.717, 1.165) is 31.0 Å². The van der Waals surface area contributed by atoms with Crippen molar-refractivity contribution in [2.75, 3.05) is 11.4 Å². The fourth-order valence-electron chi connectivity index (χ4n) is 3.05. The number of aryl methyl sites for hydroxylation is 1. The van der Waals surface area contributed by atoms with Crippen molar-refractivity contribution < 1.29 is 9.21 Å². The van der Waals surface area contributed by atoms with Crippen LogP contribution in [-0.4, -0.2) is 38.3 Å². The van der Waals surface area contributed by atoms with Gasteiger partial charge in [0.25, 0.3) is 0 Å². The monoisotopic (exact) mass is 326 g/mol. The molecule has 1 aliphatic rings. The van der Waals surface area contributed by atoms with Crippen LogP contribution in [0, 0.1) is 6.92 Å². The zero-order valence-corrected chi connectivity index (χ0v) is 13.3. The standard InChI is InChI=1S/C16H18N6O2/c1-11-18-14-6-7-15(20-22(14)19-11)21-8-2-5-13(21)16(23)17-10-12-4-3-9-24-12/h3-4,6-7,9,13H,2,5,8,10H2,1H3,(H,17,23). The number of amides is 1. The molecule has 1 aliphatic heterocycles. The molecule has 0 saturated carbocycles. The van der Waals surface area contributed by atoms with Crippen molar-refractivity contribution in [1.82, 2.24) is 25.1 Å². The predicted molar refractivity (Wildman–Crippen MR) is 86.4 cm³/mol. The molecular weight excluding hydrogens is 308 g/mol. The van der Waals surface area contributed by atoms with E-state index in [1.807, 2.05) is 36.1 Å². The van der Waals surface area contributed by atoms with Gasteiger partial charge in [-0.15, -0.1) is 14.8 Å². The number of nitrogens with one attached hydrogen (secondary N) is 1. The maximum atomic E-state index is 12.5. The molecule has 24 heavy (non-hydrogen) atoms. The maximum Gasteiger partial charge on any atom is 0.243 e. The van der Waals surface area contributed by atoms with Gasteiger partial charge in [0.15, 0.2) is 11.5 Å². The lowest BCUT2D eigenvalue weighted by atomic mass is 10.2. The summed E-state index contributed by atoms with van der Waals surface area (Å²) in [6.07, 6.45) is 3.36. The molecule has 8 heteroatoms. The highest BCUT2D eigenvalue weighted by molar-refractivity contribution is 5.85. The Morgan fingerprint density at radius 3 is 3.12 bits per heavy atom. The van der Waals surface area contributed by atoms with Gasteiger partial charge in [0.1, 0.15) is 17.6 Å². The van der Waals surface area contributed by atoms with Crippen molar-refractivity contribution in [3.05, 3.63) is 42.1 Å². The molecule has 4 rings (SSSR count). The van der Waals surface area contributed by atoms with Crippen molar-refractivity contribution in [2.24, 2.45) is 0 Å². The van der Waals surface area contributed by atoms with Crippen LogP contribution in [0.15, 0.2) is 34.9 Å². The quantitative estimate of drug-likeness (QED) is 0.778. The van der Waals surface area contributed by atoms with Crippen molar-refractivity contribution >= 4 is 17.4 Å². The number of nitrogens with zero attached hydrogens (tertiary/aromatic N) is 5. The summed E-state index contributed by atoms with van der Waals surface area (Å²) in [5.41, 5.74) is 0.703. The topological polar surface area (TPSA) is 88.6 Å². The fourth-order valence-corrected chi connectivity index (χ4v) is 3.05. The van der Waals surface area contributed by atoms with E-state index in [1.165, 1.54) is 4.63 Å². The highest BCUT2D eigenvalue weighted by atomic mass is 16.3. The van der Waals surface area contributed by atoms with Gasteiger partial charge in [0, 0.05) is 6.54 Å². The average Bonchev–Trinajstić information content (AvgIpc) is 3.30. The molecule has 1 N–H and O–H groups in total. The summed E-state index contributed by atoms with van der Waals surface area (Å²) in [5, 5.41) is 11.7. The second-order valence-corrected chi connectivity index (χ2v) is 5.85. The number of carbonyl (C=O) groups is 1. The van der Waals surface area contributed by atoms with E-state index in [9.17, 15) is 4.79 Å². The lowest BCUT2D eigenvalue weighted by Gasteiger charge is -2.24. The molecule has 0 aliphatic carbocycles. The zero-order chi connectivity index (χ0) is 16.5.